The Labute approximate surface area is 401 Å². The predicted molar refractivity (Wildman–Crippen MR) is 282 cm³/mol. The molecule has 0 aliphatic carbocycles. The van der Waals surface area contributed by atoms with Gasteiger partial charge in [-0.2, -0.15) is 0 Å². The highest BCUT2D eigenvalue weighted by atomic mass is 16.3. The van der Waals surface area contributed by atoms with Crippen molar-refractivity contribution in [1.29, 1.82) is 0 Å². The minimum Gasteiger partial charge on any atom is -0.394 e. The van der Waals surface area contributed by atoms with Gasteiger partial charge in [-0.25, -0.2) is 0 Å². The molecule has 0 aromatic rings. The summed E-state index contributed by atoms with van der Waals surface area (Å²) in [4.78, 5) is 12.6. The smallest absolute Gasteiger partial charge is 0.249 e. The number of carbonyl (C=O) groups excluding carboxylic acids is 1. The highest BCUT2D eigenvalue weighted by Crippen LogP contribution is 2.18. The molecule has 0 spiro atoms. The van der Waals surface area contributed by atoms with Crippen molar-refractivity contribution in [1.82, 2.24) is 5.32 Å². The molecule has 0 aliphatic heterocycles. The first-order chi connectivity index (χ1) is 31.6. The largest absolute Gasteiger partial charge is 0.394 e. The first-order valence-corrected chi connectivity index (χ1v) is 29.1. The third-order valence-electron chi connectivity index (χ3n) is 13.8. The topological polar surface area (TPSA) is 89.8 Å². The van der Waals surface area contributed by atoms with Gasteiger partial charge >= 0.3 is 0 Å². The fraction of sp³-hybridized carbons (Fsp3) is 0.915. The number of amides is 1. The molecular formula is C59H115NO4. The Bertz CT molecular complexity index is 951. The van der Waals surface area contributed by atoms with Crippen LogP contribution in [-0.4, -0.2) is 46.1 Å². The van der Waals surface area contributed by atoms with Gasteiger partial charge in [0.2, 0.25) is 5.91 Å². The van der Waals surface area contributed by atoms with Gasteiger partial charge in [0, 0.05) is 0 Å². The number of allylic oxidation sites excluding steroid dienone is 4. The van der Waals surface area contributed by atoms with Crippen LogP contribution in [0, 0.1) is 0 Å². The standard InChI is InChI=1S/C59H115NO4/c1-3-5-7-9-11-13-15-17-19-21-23-25-27-29-30-32-34-36-38-40-42-44-46-48-50-52-54-58(63)59(64)60-56(55-61)57(62)53-51-49-47-45-43-41-39-37-35-33-31-28-26-24-22-20-18-16-14-12-10-8-6-4-2/h23,25,29-30,56-58,61-63H,3-22,24,26-28,31-55H2,1-2H3,(H,60,64)/b25-23-,30-29-. The third kappa shape index (κ3) is 48.8. The molecule has 0 fully saturated rings. The molecule has 380 valence electrons. The summed E-state index contributed by atoms with van der Waals surface area (Å²) >= 11 is 0. The molecule has 4 N–H and O–H groups in total. The second-order valence-corrected chi connectivity index (χ2v) is 20.2. The lowest BCUT2D eigenvalue weighted by molar-refractivity contribution is -0.131. The zero-order valence-electron chi connectivity index (χ0n) is 43.4. The van der Waals surface area contributed by atoms with Crippen LogP contribution in [0.25, 0.3) is 0 Å². The van der Waals surface area contributed by atoms with Crippen molar-refractivity contribution in [3.63, 3.8) is 0 Å². The van der Waals surface area contributed by atoms with E-state index in [9.17, 15) is 20.1 Å². The minimum atomic E-state index is -1.08. The molecule has 0 aromatic heterocycles. The lowest BCUT2D eigenvalue weighted by Crippen LogP contribution is -2.49. The summed E-state index contributed by atoms with van der Waals surface area (Å²) in [7, 11) is 0. The van der Waals surface area contributed by atoms with Crippen molar-refractivity contribution in [3.05, 3.63) is 24.3 Å². The van der Waals surface area contributed by atoms with Gasteiger partial charge in [0.05, 0.1) is 18.8 Å². The zero-order chi connectivity index (χ0) is 46.5. The minimum absolute atomic E-state index is 0.312. The molecule has 0 saturated heterocycles. The summed E-state index contributed by atoms with van der Waals surface area (Å²) in [5, 5.41) is 33.6. The Morgan fingerprint density at radius 1 is 0.375 bits per heavy atom. The highest BCUT2D eigenvalue weighted by molar-refractivity contribution is 5.80. The van der Waals surface area contributed by atoms with Crippen molar-refractivity contribution >= 4 is 5.91 Å². The van der Waals surface area contributed by atoms with Crippen LogP contribution in [0.1, 0.15) is 322 Å². The van der Waals surface area contributed by atoms with E-state index in [1.807, 2.05) is 0 Å². The highest BCUT2D eigenvalue weighted by Gasteiger charge is 2.23. The van der Waals surface area contributed by atoms with Gasteiger partial charge in [-0.05, 0) is 44.9 Å². The Kier molecular flexibility index (Phi) is 53.4. The van der Waals surface area contributed by atoms with E-state index in [-0.39, 0.29) is 6.61 Å². The van der Waals surface area contributed by atoms with Crippen molar-refractivity contribution in [2.45, 2.75) is 340 Å². The lowest BCUT2D eigenvalue weighted by Gasteiger charge is -2.23. The van der Waals surface area contributed by atoms with Gasteiger partial charge < -0.3 is 20.6 Å². The predicted octanol–water partition coefficient (Wildman–Crippen LogP) is 18.1. The fourth-order valence-corrected chi connectivity index (χ4v) is 9.28. The summed E-state index contributed by atoms with van der Waals surface area (Å²) in [5.74, 6) is -0.468. The van der Waals surface area contributed by atoms with Gasteiger partial charge in [-0.15, -0.1) is 0 Å². The van der Waals surface area contributed by atoms with Crippen LogP contribution in [0.15, 0.2) is 24.3 Å². The van der Waals surface area contributed by atoms with Gasteiger partial charge in [0.15, 0.2) is 0 Å². The van der Waals surface area contributed by atoms with Gasteiger partial charge in [0.25, 0.3) is 0 Å². The maximum atomic E-state index is 12.6. The molecule has 5 heteroatoms. The maximum absolute atomic E-state index is 12.6. The van der Waals surface area contributed by atoms with E-state index in [1.54, 1.807) is 0 Å². The quantitative estimate of drug-likeness (QED) is 0.0362. The summed E-state index contributed by atoms with van der Waals surface area (Å²) < 4.78 is 0. The number of carbonyl (C=O) groups is 1. The molecule has 3 atom stereocenters. The average Bonchev–Trinajstić information content (AvgIpc) is 3.30. The van der Waals surface area contributed by atoms with E-state index in [0.717, 1.165) is 38.5 Å². The number of aliphatic hydroxyl groups excluding tert-OH is 3. The number of nitrogens with one attached hydrogen (secondary N) is 1. The molecule has 0 heterocycles. The van der Waals surface area contributed by atoms with E-state index in [1.165, 1.54) is 257 Å². The molecule has 3 unspecified atom stereocenters. The van der Waals surface area contributed by atoms with Crippen molar-refractivity contribution in [2.24, 2.45) is 0 Å². The first-order valence-electron chi connectivity index (χ1n) is 29.1. The Hall–Kier alpha value is -1.17. The average molecular weight is 903 g/mol. The second kappa shape index (κ2) is 54.4. The normalized spacial score (nSPS) is 13.4. The van der Waals surface area contributed by atoms with E-state index < -0.39 is 24.2 Å². The van der Waals surface area contributed by atoms with Crippen LogP contribution in [0.2, 0.25) is 0 Å². The first kappa shape index (κ1) is 62.8. The summed E-state index contributed by atoms with van der Waals surface area (Å²) in [5.41, 5.74) is 0. The van der Waals surface area contributed by atoms with E-state index in [2.05, 4.69) is 43.5 Å². The van der Waals surface area contributed by atoms with Crippen LogP contribution in [0.4, 0.5) is 0 Å². The Morgan fingerprint density at radius 2 is 0.641 bits per heavy atom. The van der Waals surface area contributed by atoms with Crippen LogP contribution < -0.4 is 5.32 Å². The van der Waals surface area contributed by atoms with Crippen LogP contribution in [0.5, 0.6) is 0 Å². The van der Waals surface area contributed by atoms with Gasteiger partial charge in [-0.3, -0.25) is 4.79 Å². The summed E-state index contributed by atoms with van der Waals surface area (Å²) in [6.07, 6.45) is 69.4. The molecule has 5 nitrogen and oxygen atoms in total. The molecule has 0 saturated carbocycles. The molecule has 1 amide bonds. The molecule has 0 aromatic carbocycles. The maximum Gasteiger partial charge on any atom is 0.249 e. The van der Waals surface area contributed by atoms with Crippen LogP contribution in [0.3, 0.4) is 0 Å². The Morgan fingerprint density at radius 3 is 0.938 bits per heavy atom. The third-order valence-corrected chi connectivity index (χ3v) is 13.8. The van der Waals surface area contributed by atoms with Crippen molar-refractivity contribution in [2.75, 3.05) is 6.61 Å². The number of aliphatic hydroxyl groups is 3. The monoisotopic (exact) mass is 902 g/mol. The molecule has 64 heavy (non-hydrogen) atoms. The SMILES string of the molecule is CCCCCCCCCCC/C=C\C/C=C\CCCCCCCCCCCCC(O)C(=O)NC(CO)C(O)CCCCCCCCCCCCCCCCCCCCCCCCCC. The van der Waals surface area contributed by atoms with Gasteiger partial charge in [0.1, 0.15) is 6.10 Å². The van der Waals surface area contributed by atoms with E-state index >= 15 is 0 Å². The van der Waals surface area contributed by atoms with Crippen LogP contribution >= 0.6 is 0 Å². The molecule has 0 bridgehead atoms. The lowest BCUT2D eigenvalue weighted by atomic mass is 10.0. The molecular weight excluding hydrogens is 787 g/mol. The fourth-order valence-electron chi connectivity index (χ4n) is 9.28. The van der Waals surface area contributed by atoms with E-state index in [4.69, 9.17) is 0 Å². The number of hydrogen-bond donors (Lipinski definition) is 4. The van der Waals surface area contributed by atoms with Crippen LogP contribution in [-0.2, 0) is 4.79 Å². The van der Waals surface area contributed by atoms with Crippen molar-refractivity contribution < 1.29 is 20.1 Å². The number of unbranched alkanes of at least 4 members (excludes halogenated alkanes) is 42. The Balaban J connectivity index is 3.53. The molecule has 0 aliphatic rings. The van der Waals surface area contributed by atoms with E-state index in [0.29, 0.717) is 12.8 Å². The number of hydrogen-bond acceptors (Lipinski definition) is 4. The number of rotatable bonds is 54. The van der Waals surface area contributed by atoms with Gasteiger partial charge in [-0.1, -0.05) is 301 Å². The summed E-state index contributed by atoms with van der Waals surface area (Å²) in [6.45, 7) is 4.27. The van der Waals surface area contributed by atoms with Crippen molar-refractivity contribution in [3.8, 4) is 0 Å². The zero-order valence-corrected chi connectivity index (χ0v) is 43.4. The molecule has 0 radical (unpaired) electrons. The summed E-state index contributed by atoms with van der Waals surface area (Å²) in [6, 6.07) is -0.713. The second-order valence-electron chi connectivity index (χ2n) is 20.2. The molecule has 0 rings (SSSR count).